The molecule has 2 aromatic carbocycles. The summed E-state index contributed by atoms with van der Waals surface area (Å²) in [5.74, 6) is 0.172. The second-order valence-electron chi connectivity index (χ2n) is 8.91. The van der Waals surface area contributed by atoms with E-state index in [4.69, 9.17) is 4.42 Å². The Bertz CT molecular complexity index is 1120. The summed E-state index contributed by atoms with van der Waals surface area (Å²) in [6, 6.07) is 14.9. The molecule has 0 N–H and O–H groups in total. The fourth-order valence-electron chi connectivity index (χ4n) is 4.18. The number of carbonyl (C=O) groups is 1. The highest BCUT2D eigenvalue weighted by atomic mass is 19.4. The number of aromatic nitrogens is 1. The van der Waals surface area contributed by atoms with Crippen molar-refractivity contribution >= 4 is 5.91 Å². The number of oxazole rings is 1. The number of halogens is 3. The summed E-state index contributed by atoms with van der Waals surface area (Å²) in [4.78, 5) is 23.2. The van der Waals surface area contributed by atoms with Gasteiger partial charge in [0.15, 0.2) is 5.69 Å². The molecule has 0 unspecified atom stereocenters. The number of nitrogens with zero attached hydrogens (tertiary/aromatic N) is 4. The van der Waals surface area contributed by atoms with Crippen molar-refractivity contribution in [3.8, 4) is 0 Å². The normalized spacial score (nSPS) is 16.0. The van der Waals surface area contributed by atoms with E-state index in [-0.39, 0.29) is 30.7 Å². The van der Waals surface area contributed by atoms with E-state index in [1.165, 1.54) is 18.4 Å². The first kappa shape index (κ1) is 24.9. The first-order chi connectivity index (χ1) is 16.7. The molecule has 4 rings (SSSR count). The molecule has 1 atom stereocenters. The molecule has 0 saturated carbocycles. The first-order valence-corrected chi connectivity index (χ1v) is 11.6. The lowest BCUT2D eigenvalue weighted by molar-refractivity contribution is -0.137. The number of piperazine rings is 1. The molecular weight excluding hydrogens is 457 g/mol. The lowest BCUT2D eigenvalue weighted by atomic mass is 10.0. The molecule has 0 aliphatic carbocycles. The molecule has 0 radical (unpaired) electrons. The second-order valence-corrected chi connectivity index (χ2v) is 8.91. The van der Waals surface area contributed by atoms with E-state index in [1.54, 1.807) is 11.0 Å². The minimum Gasteiger partial charge on any atom is -0.447 e. The SMILES string of the molecule is C[C@H](c1ccccc1)N(Cc1cccc(C(F)(F)F)c1)Cc1nc(C(=O)N2CCN(C)CC2)co1. The zero-order chi connectivity index (χ0) is 25.0. The number of carbonyl (C=O) groups excluding carboxylic acids is 1. The third kappa shape index (κ3) is 6.29. The van der Waals surface area contributed by atoms with E-state index in [0.717, 1.165) is 24.7 Å². The number of hydrogen-bond donors (Lipinski definition) is 0. The topological polar surface area (TPSA) is 52.8 Å². The molecular formula is C26H29F3N4O2. The fraction of sp³-hybridized carbons (Fsp3) is 0.385. The summed E-state index contributed by atoms with van der Waals surface area (Å²) in [7, 11) is 2.02. The third-order valence-electron chi connectivity index (χ3n) is 6.37. The fourth-order valence-corrected chi connectivity index (χ4v) is 4.18. The van der Waals surface area contributed by atoms with Crippen LogP contribution in [0.5, 0.6) is 0 Å². The maximum atomic E-state index is 13.3. The van der Waals surface area contributed by atoms with Gasteiger partial charge in [0.05, 0.1) is 12.1 Å². The summed E-state index contributed by atoms with van der Waals surface area (Å²) in [6.07, 6.45) is -3.04. The smallest absolute Gasteiger partial charge is 0.416 e. The lowest BCUT2D eigenvalue weighted by Gasteiger charge is -2.31. The first-order valence-electron chi connectivity index (χ1n) is 11.6. The van der Waals surface area contributed by atoms with Crippen LogP contribution in [0.2, 0.25) is 0 Å². The highest BCUT2D eigenvalue weighted by Crippen LogP contribution is 2.31. The van der Waals surface area contributed by atoms with Gasteiger partial charge in [0.1, 0.15) is 6.26 Å². The van der Waals surface area contributed by atoms with E-state index in [2.05, 4.69) is 9.88 Å². The molecule has 1 aliphatic rings. The van der Waals surface area contributed by atoms with Crippen molar-refractivity contribution in [2.45, 2.75) is 32.2 Å². The Hall–Kier alpha value is -3.17. The van der Waals surface area contributed by atoms with Crippen LogP contribution >= 0.6 is 0 Å². The van der Waals surface area contributed by atoms with Crippen molar-refractivity contribution in [1.29, 1.82) is 0 Å². The molecule has 0 spiro atoms. The number of hydrogen-bond acceptors (Lipinski definition) is 5. The molecule has 1 aromatic heterocycles. The van der Waals surface area contributed by atoms with Crippen LogP contribution in [-0.4, -0.2) is 58.8 Å². The Balaban J connectivity index is 1.54. The monoisotopic (exact) mass is 486 g/mol. The number of rotatable bonds is 7. The number of amides is 1. The second kappa shape index (κ2) is 10.6. The molecule has 186 valence electrons. The van der Waals surface area contributed by atoms with Gasteiger partial charge in [0.25, 0.3) is 5.91 Å². The molecule has 3 aromatic rings. The van der Waals surface area contributed by atoms with E-state index < -0.39 is 11.7 Å². The maximum absolute atomic E-state index is 13.3. The Kier molecular flexibility index (Phi) is 7.57. The molecule has 1 amide bonds. The van der Waals surface area contributed by atoms with Crippen LogP contribution in [0.4, 0.5) is 13.2 Å². The standard InChI is InChI=1S/C26H29F3N4O2/c1-19(21-8-4-3-5-9-21)33(16-20-7-6-10-22(15-20)26(27,28)29)17-24-30-23(18-35-24)25(34)32-13-11-31(2)12-14-32/h3-10,15,18-19H,11-14,16-17H2,1-2H3/t19-/m1/s1. The van der Waals surface area contributed by atoms with E-state index in [0.29, 0.717) is 24.5 Å². The Morgan fingerprint density at radius 2 is 1.77 bits per heavy atom. The summed E-state index contributed by atoms with van der Waals surface area (Å²) < 4.78 is 45.4. The molecule has 0 bridgehead atoms. The van der Waals surface area contributed by atoms with E-state index in [1.807, 2.05) is 49.2 Å². The molecule has 35 heavy (non-hydrogen) atoms. The summed E-state index contributed by atoms with van der Waals surface area (Å²) >= 11 is 0. The quantitative estimate of drug-likeness (QED) is 0.478. The van der Waals surface area contributed by atoms with Gasteiger partial charge in [-0.05, 0) is 31.2 Å². The van der Waals surface area contributed by atoms with Crippen molar-refractivity contribution in [3.05, 3.63) is 89.1 Å². The molecule has 9 heteroatoms. The number of likely N-dealkylation sites (N-methyl/N-ethyl adjacent to an activating group) is 1. The van der Waals surface area contributed by atoms with Crippen LogP contribution in [0.15, 0.2) is 65.3 Å². The van der Waals surface area contributed by atoms with Gasteiger partial charge in [-0.3, -0.25) is 9.69 Å². The average Bonchev–Trinajstić information content (AvgIpc) is 3.32. The van der Waals surface area contributed by atoms with Gasteiger partial charge < -0.3 is 14.2 Å². The molecule has 6 nitrogen and oxygen atoms in total. The van der Waals surface area contributed by atoms with Gasteiger partial charge in [-0.15, -0.1) is 0 Å². The van der Waals surface area contributed by atoms with Crippen molar-refractivity contribution in [2.24, 2.45) is 0 Å². The number of benzene rings is 2. The summed E-state index contributed by atoms with van der Waals surface area (Å²) in [5, 5.41) is 0. The minimum absolute atomic E-state index is 0.130. The van der Waals surface area contributed by atoms with Gasteiger partial charge >= 0.3 is 6.18 Å². The third-order valence-corrected chi connectivity index (χ3v) is 6.37. The highest BCUT2D eigenvalue weighted by Gasteiger charge is 2.31. The van der Waals surface area contributed by atoms with E-state index >= 15 is 0 Å². The van der Waals surface area contributed by atoms with Gasteiger partial charge in [0, 0.05) is 38.8 Å². The van der Waals surface area contributed by atoms with Crippen molar-refractivity contribution in [1.82, 2.24) is 19.7 Å². The Labute approximate surface area is 203 Å². The van der Waals surface area contributed by atoms with Crippen LogP contribution in [-0.2, 0) is 19.3 Å². The summed E-state index contributed by atoms with van der Waals surface area (Å²) in [6.45, 7) is 5.34. The summed E-state index contributed by atoms with van der Waals surface area (Å²) in [5.41, 5.74) is 1.11. The van der Waals surface area contributed by atoms with Crippen LogP contribution in [0.1, 0.15) is 46.0 Å². The molecule has 1 saturated heterocycles. The molecule has 1 aliphatic heterocycles. The lowest BCUT2D eigenvalue weighted by Crippen LogP contribution is -2.47. The van der Waals surface area contributed by atoms with Crippen LogP contribution in [0, 0.1) is 0 Å². The predicted molar refractivity (Wildman–Crippen MR) is 125 cm³/mol. The van der Waals surface area contributed by atoms with Gasteiger partial charge in [-0.2, -0.15) is 13.2 Å². The zero-order valence-electron chi connectivity index (χ0n) is 19.8. The molecule has 2 heterocycles. The van der Waals surface area contributed by atoms with E-state index in [9.17, 15) is 18.0 Å². The van der Waals surface area contributed by atoms with Crippen molar-refractivity contribution < 1.29 is 22.4 Å². The average molecular weight is 487 g/mol. The van der Waals surface area contributed by atoms with Gasteiger partial charge in [-0.1, -0.05) is 48.5 Å². The minimum atomic E-state index is -4.41. The van der Waals surface area contributed by atoms with Crippen LogP contribution in [0.25, 0.3) is 0 Å². The largest absolute Gasteiger partial charge is 0.447 e. The van der Waals surface area contributed by atoms with Crippen molar-refractivity contribution in [2.75, 3.05) is 33.2 Å². The van der Waals surface area contributed by atoms with Gasteiger partial charge in [0.2, 0.25) is 5.89 Å². The van der Waals surface area contributed by atoms with Crippen LogP contribution in [0.3, 0.4) is 0 Å². The zero-order valence-corrected chi connectivity index (χ0v) is 19.8. The Morgan fingerprint density at radius 3 is 2.46 bits per heavy atom. The highest BCUT2D eigenvalue weighted by molar-refractivity contribution is 5.92. The van der Waals surface area contributed by atoms with Crippen molar-refractivity contribution in [3.63, 3.8) is 0 Å². The number of alkyl halides is 3. The maximum Gasteiger partial charge on any atom is 0.416 e. The molecule has 1 fully saturated rings. The van der Waals surface area contributed by atoms with Crippen LogP contribution < -0.4 is 0 Å². The van der Waals surface area contributed by atoms with Gasteiger partial charge in [-0.25, -0.2) is 4.98 Å². The Morgan fingerprint density at radius 1 is 1.06 bits per heavy atom. The predicted octanol–water partition coefficient (Wildman–Crippen LogP) is 4.84.